The van der Waals surface area contributed by atoms with Crippen LogP contribution in [0.4, 0.5) is 5.69 Å². The van der Waals surface area contributed by atoms with Gasteiger partial charge in [-0.25, -0.2) is 0 Å². The Bertz CT molecular complexity index is 629. The van der Waals surface area contributed by atoms with E-state index in [-0.39, 0.29) is 5.91 Å². The van der Waals surface area contributed by atoms with Gasteiger partial charge in [0.05, 0.1) is 5.69 Å². The largest absolute Gasteiger partial charge is 0.455 e. The van der Waals surface area contributed by atoms with E-state index in [1.165, 1.54) is 0 Å². The van der Waals surface area contributed by atoms with Gasteiger partial charge in [0.25, 0.3) is 5.91 Å². The summed E-state index contributed by atoms with van der Waals surface area (Å²) in [6, 6.07) is 12.5. The molecule has 0 aromatic heterocycles. The van der Waals surface area contributed by atoms with E-state index in [0.717, 1.165) is 4.47 Å². The van der Waals surface area contributed by atoms with Crippen LogP contribution in [0.3, 0.4) is 0 Å². The number of nitrogens with two attached hydrogens (primary N) is 1. The molecule has 2 rings (SSSR count). The van der Waals surface area contributed by atoms with Crippen LogP contribution >= 0.6 is 15.9 Å². The van der Waals surface area contributed by atoms with E-state index >= 15 is 0 Å². The van der Waals surface area contributed by atoms with E-state index in [0.29, 0.717) is 29.3 Å². The number of anilines is 1. The summed E-state index contributed by atoms with van der Waals surface area (Å²) in [6.07, 6.45) is 0. The number of benzene rings is 2. The molecule has 20 heavy (non-hydrogen) atoms. The number of hydrogen-bond donors (Lipinski definition) is 2. The molecule has 0 spiro atoms. The molecule has 0 aliphatic heterocycles. The maximum atomic E-state index is 11.7. The summed E-state index contributed by atoms with van der Waals surface area (Å²) in [7, 11) is 0. The van der Waals surface area contributed by atoms with Crippen LogP contribution in [0.5, 0.6) is 11.5 Å². The molecule has 0 fully saturated rings. The predicted octanol–water partition coefficient (Wildman–Crippen LogP) is 3.57. The van der Waals surface area contributed by atoms with E-state index in [1.807, 2.05) is 31.2 Å². The van der Waals surface area contributed by atoms with Crippen molar-refractivity contribution in [2.24, 2.45) is 0 Å². The normalized spacial score (nSPS) is 10.1. The lowest BCUT2D eigenvalue weighted by Gasteiger charge is -2.10. The fourth-order valence-corrected chi connectivity index (χ4v) is 2.08. The van der Waals surface area contributed by atoms with Crippen molar-refractivity contribution in [3.05, 3.63) is 52.5 Å². The van der Waals surface area contributed by atoms with Crippen molar-refractivity contribution >= 4 is 27.5 Å². The Morgan fingerprint density at radius 2 is 2.10 bits per heavy atom. The Balaban J connectivity index is 2.20. The van der Waals surface area contributed by atoms with Crippen molar-refractivity contribution in [1.82, 2.24) is 5.32 Å². The molecule has 2 aromatic rings. The standard InChI is InChI=1S/C15H15BrN2O2/c1-2-18-15(19)10-6-7-14(13(17)8-10)20-12-5-3-4-11(16)9-12/h3-9H,2,17H2,1H3,(H,18,19). The van der Waals surface area contributed by atoms with E-state index in [1.54, 1.807) is 18.2 Å². The van der Waals surface area contributed by atoms with Crippen LogP contribution in [0, 0.1) is 0 Å². The molecule has 0 saturated carbocycles. The number of ether oxygens (including phenoxy) is 1. The molecule has 104 valence electrons. The van der Waals surface area contributed by atoms with Crippen LogP contribution in [0.1, 0.15) is 17.3 Å². The van der Waals surface area contributed by atoms with Gasteiger partial charge in [-0.3, -0.25) is 4.79 Å². The molecule has 1 amide bonds. The van der Waals surface area contributed by atoms with Gasteiger partial charge in [0.1, 0.15) is 11.5 Å². The number of nitrogens with one attached hydrogen (secondary N) is 1. The molecule has 0 atom stereocenters. The van der Waals surface area contributed by atoms with Crippen LogP contribution in [0.15, 0.2) is 46.9 Å². The fourth-order valence-electron chi connectivity index (χ4n) is 1.70. The highest BCUT2D eigenvalue weighted by atomic mass is 79.9. The Morgan fingerprint density at radius 3 is 2.75 bits per heavy atom. The molecule has 0 aliphatic rings. The summed E-state index contributed by atoms with van der Waals surface area (Å²) in [5.41, 5.74) is 6.87. The summed E-state index contributed by atoms with van der Waals surface area (Å²) in [6.45, 7) is 2.45. The number of hydrogen-bond acceptors (Lipinski definition) is 3. The fraction of sp³-hybridized carbons (Fsp3) is 0.133. The van der Waals surface area contributed by atoms with Crippen LogP contribution in [-0.4, -0.2) is 12.5 Å². The molecule has 0 unspecified atom stereocenters. The monoisotopic (exact) mass is 334 g/mol. The number of nitrogen functional groups attached to an aromatic ring is 1. The Hall–Kier alpha value is -2.01. The van der Waals surface area contributed by atoms with Crippen molar-refractivity contribution in [1.29, 1.82) is 0 Å². The Kier molecular flexibility index (Phi) is 4.63. The molecule has 2 aromatic carbocycles. The first-order chi connectivity index (χ1) is 9.60. The zero-order chi connectivity index (χ0) is 14.5. The lowest BCUT2D eigenvalue weighted by molar-refractivity contribution is 0.0956. The summed E-state index contributed by atoms with van der Waals surface area (Å²) in [5, 5.41) is 2.72. The van der Waals surface area contributed by atoms with E-state index in [4.69, 9.17) is 10.5 Å². The van der Waals surface area contributed by atoms with Gasteiger partial charge in [0.15, 0.2) is 0 Å². The van der Waals surface area contributed by atoms with Gasteiger partial charge in [0.2, 0.25) is 0 Å². The van der Waals surface area contributed by atoms with Gasteiger partial charge < -0.3 is 15.8 Å². The lowest BCUT2D eigenvalue weighted by atomic mass is 10.1. The minimum absolute atomic E-state index is 0.145. The van der Waals surface area contributed by atoms with Crippen LogP contribution in [0.2, 0.25) is 0 Å². The molecule has 0 saturated heterocycles. The smallest absolute Gasteiger partial charge is 0.251 e. The van der Waals surface area contributed by atoms with Crippen molar-refractivity contribution in [2.75, 3.05) is 12.3 Å². The maximum absolute atomic E-state index is 11.7. The number of rotatable bonds is 4. The first-order valence-electron chi connectivity index (χ1n) is 6.21. The van der Waals surface area contributed by atoms with E-state index in [9.17, 15) is 4.79 Å². The second-order valence-corrected chi connectivity index (χ2v) is 5.09. The van der Waals surface area contributed by atoms with Gasteiger partial charge in [-0.15, -0.1) is 0 Å². The zero-order valence-corrected chi connectivity index (χ0v) is 12.6. The quantitative estimate of drug-likeness (QED) is 0.840. The minimum Gasteiger partial charge on any atom is -0.455 e. The third kappa shape index (κ3) is 3.51. The summed E-state index contributed by atoms with van der Waals surface area (Å²) < 4.78 is 6.62. The second kappa shape index (κ2) is 6.43. The van der Waals surface area contributed by atoms with Crippen molar-refractivity contribution in [3.63, 3.8) is 0 Å². The van der Waals surface area contributed by atoms with Gasteiger partial charge in [-0.05, 0) is 43.3 Å². The topological polar surface area (TPSA) is 64.3 Å². The van der Waals surface area contributed by atoms with Gasteiger partial charge in [-0.2, -0.15) is 0 Å². The lowest BCUT2D eigenvalue weighted by Crippen LogP contribution is -2.22. The number of amides is 1. The van der Waals surface area contributed by atoms with Gasteiger partial charge in [-0.1, -0.05) is 22.0 Å². The third-order valence-corrected chi connectivity index (χ3v) is 3.13. The average molecular weight is 335 g/mol. The maximum Gasteiger partial charge on any atom is 0.251 e. The molecule has 3 N–H and O–H groups in total. The number of carbonyl (C=O) groups excluding carboxylic acids is 1. The van der Waals surface area contributed by atoms with Gasteiger partial charge >= 0.3 is 0 Å². The summed E-state index contributed by atoms with van der Waals surface area (Å²) in [5.74, 6) is 1.06. The van der Waals surface area contributed by atoms with E-state index < -0.39 is 0 Å². The third-order valence-electron chi connectivity index (χ3n) is 2.63. The molecule has 0 radical (unpaired) electrons. The Labute approximate surface area is 126 Å². The average Bonchev–Trinajstić information content (AvgIpc) is 2.41. The van der Waals surface area contributed by atoms with Crippen LogP contribution in [-0.2, 0) is 0 Å². The SMILES string of the molecule is CCNC(=O)c1ccc(Oc2cccc(Br)c2)c(N)c1. The highest BCUT2D eigenvalue weighted by molar-refractivity contribution is 9.10. The molecular formula is C15H15BrN2O2. The van der Waals surface area contributed by atoms with Crippen molar-refractivity contribution in [3.8, 4) is 11.5 Å². The highest BCUT2D eigenvalue weighted by Gasteiger charge is 2.08. The molecule has 0 heterocycles. The predicted molar refractivity (Wildman–Crippen MR) is 83.1 cm³/mol. The first kappa shape index (κ1) is 14.4. The molecule has 5 heteroatoms. The molecule has 4 nitrogen and oxygen atoms in total. The van der Waals surface area contributed by atoms with Crippen molar-refractivity contribution in [2.45, 2.75) is 6.92 Å². The van der Waals surface area contributed by atoms with Crippen LogP contribution < -0.4 is 15.8 Å². The highest BCUT2D eigenvalue weighted by Crippen LogP contribution is 2.29. The second-order valence-electron chi connectivity index (χ2n) is 4.17. The van der Waals surface area contributed by atoms with Crippen molar-refractivity contribution < 1.29 is 9.53 Å². The van der Waals surface area contributed by atoms with E-state index in [2.05, 4.69) is 21.2 Å². The van der Waals surface area contributed by atoms with Gasteiger partial charge in [0, 0.05) is 16.6 Å². The Morgan fingerprint density at radius 1 is 1.30 bits per heavy atom. The van der Waals surface area contributed by atoms with Crippen LogP contribution in [0.25, 0.3) is 0 Å². The molecule has 0 bridgehead atoms. The number of halogens is 1. The molecule has 0 aliphatic carbocycles. The summed E-state index contributed by atoms with van der Waals surface area (Å²) >= 11 is 3.38. The minimum atomic E-state index is -0.145. The molecular weight excluding hydrogens is 320 g/mol. The summed E-state index contributed by atoms with van der Waals surface area (Å²) in [4.78, 5) is 11.7. The first-order valence-corrected chi connectivity index (χ1v) is 7.00. The zero-order valence-electron chi connectivity index (χ0n) is 11.0. The number of carbonyl (C=O) groups is 1.